The summed E-state index contributed by atoms with van der Waals surface area (Å²) < 4.78 is 7.40. The summed E-state index contributed by atoms with van der Waals surface area (Å²) in [6.07, 6.45) is 3.22. The Bertz CT molecular complexity index is 706. The Hall–Kier alpha value is -2.14. The molecule has 0 aliphatic carbocycles. The second kappa shape index (κ2) is 7.18. The van der Waals surface area contributed by atoms with Crippen molar-refractivity contribution < 1.29 is 9.53 Å². The normalized spacial score (nSPS) is 17.0. The maximum Gasteiger partial charge on any atom is 0.227 e. The second-order valence-corrected chi connectivity index (χ2v) is 6.43. The first-order valence-corrected chi connectivity index (χ1v) is 8.48. The highest BCUT2D eigenvalue weighted by molar-refractivity contribution is 5.79. The van der Waals surface area contributed by atoms with Crippen molar-refractivity contribution in [2.75, 3.05) is 20.3 Å². The minimum absolute atomic E-state index is 0.00740. The van der Waals surface area contributed by atoms with Crippen LogP contribution in [0.2, 0.25) is 0 Å². The summed E-state index contributed by atoms with van der Waals surface area (Å²) in [5.74, 6) is 1.14. The summed E-state index contributed by atoms with van der Waals surface area (Å²) in [6, 6.07) is 8.18. The molecule has 1 aromatic carbocycles. The van der Waals surface area contributed by atoms with E-state index in [0.29, 0.717) is 13.0 Å². The summed E-state index contributed by atoms with van der Waals surface area (Å²) in [5.41, 5.74) is 3.46. The van der Waals surface area contributed by atoms with Crippen molar-refractivity contribution >= 4 is 5.91 Å². The van der Waals surface area contributed by atoms with E-state index < -0.39 is 0 Å². The van der Waals surface area contributed by atoms with E-state index in [0.717, 1.165) is 30.9 Å². The molecule has 1 atom stereocenters. The van der Waals surface area contributed by atoms with Gasteiger partial charge in [-0.15, -0.1) is 0 Å². The molecule has 1 aliphatic heterocycles. The van der Waals surface area contributed by atoms with Gasteiger partial charge in [-0.3, -0.25) is 4.79 Å². The van der Waals surface area contributed by atoms with E-state index in [1.165, 1.54) is 11.3 Å². The molecule has 0 spiro atoms. The third-order valence-electron chi connectivity index (χ3n) is 4.73. The van der Waals surface area contributed by atoms with Gasteiger partial charge in [0.05, 0.1) is 19.1 Å². The topological polar surface area (TPSA) is 47.4 Å². The fourth-order valence-corrected chi connectivity index (χ4v) is 3.29. The Balaban J connectivity index is 1.71. The van der Waals surface area contributed by atoms with Crippen LogP contribution in [0.1, 0.15) is 35.6 Å². The molecule has 1 amide bonds. The third kappa shape index (κ3) is 3.36. The average Bonchev–Trinajstić information content (AvgIpc) is 2.99. The van der Waals surface area contributed by atoms with Gasteiger partial charge in [0.15, 0.2) is 0 Å². The number of hydrogen-bond acceptors (Lipinski definition) is 3. The lowest BCUT2D eigenvalue weighted by atomic mass is 10.1. The molecular weight excluding hydrogens is 302 g/mol. The maximum atomic E-state index is 12.7. The van der Waals surface area contributed by atoms with Crippen LogP contribution in [0, 0.1) is 6.92 Å². The van der Waals surface area contributed by atoms with Gasteiger partial charge in [0, 0.05) is 38.5 Å². The molecule has 0 N–H and O–H groups in total. The van der Waals surface area contributed by atoms with Gasteiger partial charge in [0.1, 0.15) is 5.82 Å². The van der Waals surface area contributed by atoms with Crippen molar-refractivity contribution in [3.05, 3.63) is 53.1 Å². The standard InChI is InChI=1S/C19H25N3O2/c1-14-4-6-16(7-5-14)12-18(23)21-9-10-22-17(8-11-24-3)13-20-19(22)15(21)2/h4-7,13,15H,8-12H2,1-3H3. The van der Waals surface area contributed by atoms with Crippen LogP contribution in [-0.4, -0.2) is 40.6 Å². The van der Waals surface area contributed by atoms with Gasteiger partial charge >= 0.3 is 0 Å². The first-order valence-electron chi connectivity index (χ1n) is 8.48. The largest absolute Gasteiger partial charge is 0.384 e. The number of carbonyl (C=O) groups excluding carboxylic acids is 1. The predicted molar refractivity (Wildman–Crippen MR) is 92.8 cm³/mol. The first kappa shape index (κ1) is 16.7. The molecule has 2 aromatic rings. The number of carbonyl (C=O) groups is 1. The van der Waals surface area contributed by atoms with Gasteiger partial charge < -0.3 is 14.2 Å². The van der Waals surface area contributed by atoms with Crippen LogP contribution in [0.3, 0.4) is 0 Å². The predicted octanol–water partition coefficient (Wildman–Crippen LogP) is 2.53. The van der Waals surface area contributed by atoms with Crippen LogP contribution in [0.15, 0.2) is 30.5 Å². The molecule has 5 heteroatoms. The van der Waals surface area contributed by atoms with E-state index >= 15 is 0 Å². The number of benzene rings is 1. The minimum Gasteiger partial charge on any atom is -0.384 e. The lowest BCUT2D eigenvalue weighted by Gasteiger charge is -2.34. The number of amides is 1. The molecule has 5 nitrogen and oxygen atoms in total. The van der Waals surface area contributed by atoms with Crippen molar-refractivity contribution in [3.8, 4) is 0 Å². The molecule has 0 bridgehead atoms. The molecule has 0 saturated carbocycles. The summed E-state index contributed by atoms with van der Waals surface area (Å²) in [7, 11) is 1.71. The van der Waals surface area contributed by atoms with Gasteiger partial charge in [-0.25, -0.2) is 4.98 Å². The van der Waals surface area contributed by atoms with E-state index in [1.807, 2.05) is 23.2 Å². The highest BCUT2D eigenvalue weighted by Crippen LogP contribution is 2.26. The number of ether oxygens (including phenoxy) is 1. The zero-order chi connectivity index (χ0) is 17.1. The zero-order valence-electron chi connectivity index (χ0n) is 14.7. The van der Waals surface area contributed by atoms with Crippen LogP contribution in [0.25, 0.3) is 0 Å². The lowest BCUT2D eigenvalue weighted by Crippen LogP contribution is -2.42. The van der Waals surface area contributed by atoms with Crippen LogP contribution in [0.4, 0.5) is 0 Å². The number of aryl methyl sites for hydroxylation is 1. The molecule has 1 unspecified atom stereocenters. The molecule has 0 saturated heterocycles. The van der Waals surface area contributed by atoms with Crippen molar-refractivity contribution in [1.29, 1.82) is 0 Å². The molecule has 2 heterocycles. The smallest absolute Gasteiger partial charge is 0.227 e. The minimum atomic E-state index is 0.00740. The van der Waals surface area contributed by atoms with Crippen LogP contribution >= 0.6 is 0 Å². The Morgan fingerprint density at radius 3 is 2.75 bits per heavy atom. The fraction of sp³-hybridized carbons (Fsp3) is 0.474. The fourth-order valence-electron chi connectivity index (χ4n) is 3.29. The number of nitrogens with zero attached hydrogens (tertiary/aromatic N) is 3. The van der Waals surface area contributed by atoms with Crippen LogP contribution < -0.4 is 0 Å². The molecule has 3 rings (SSSR count). The molecule has 0 radical (unpaired) electrons. The van der Waals surface area contributed by atoms with Gasteiger partial charge in [-0.2, -0.15) is 0 Å². The van der Waals surface area contributed by atoms with Crippen molar-refractivity contribution in [3.63, 3.8) is 0 Å². The van der Waals surface area contributed by atoms with Crippen molar-refractivity contribution in [2.45, 2.75) is 39.3 Å². The Morgan fingerprint density at radius 2 is 2.04 bits per heavy atom. The third-order valence-corrected chi connectivity index (χ3v) is 4.73. The van der Waals surface area contributed by atoms with Crippen LogP contribution in [-0.2, 0) is 28.9 Å². The highest BCUT2D eigenvalue weighted by atomic mass is 16.5. The van der Waals surface area contributed by atoms with Gasteiger partial charge in [0.2, 0.25) is 5.91 Å². The molecular formula is C19H25N3O2. The molecule has 1 aliphatic rings. The molecule has 128 valence electrons. The molecule has 0 fully saturated rings. The number of methoxy groups -OCH3 is 1. The number of hydrogen-bond donors (Lipinski definition) is 0. The van der Waals surface area contributed by atoms with E-state index in [4.69, 9.17) is 4.74 Å². The van der Waals surface area contributed by atoms with Crippen molar-refractivity contribution in [2.24, 2.45) is 0 Å². The van der Waals surface area contributed by atoms with Gasteiger partial charge in [-0.05, 0) is 19.4 Å². The van der Waals surface area contributed by atoms with E-state index in [-0.39, 0.29) is 11.9 Å². The molecule has 1 aromatic heterocycles. The monoisotopic (exact) mass is 327 g/mol. The quantitative estimate of drug-likeness (QED) is 0.848. The second-order valence-electron chi connectivity index (χ2n) is 6.43. The number of imidazole rings is 1. The summed E-state index contributed by atoms with van der Waals surface area (Å²) in [6.45, 7) is 6.34. The van der Waals surface area contributed by atoms with Crippen molar-refractivity contribution in [1.82, 2.24) is 14.5 Å². The Kier molecular flexibility index (Phi) is 5.00. The van der Waals surface area contributed by atoms with Gasteiger partial charge in [0.25, 0.3) is 0 Å². The van der Waals surface area contributed by atoms with E-state index in [2.05, 4.69) is 35.5 Å². The average molecular weight is 327 g/mol. The van der Waals surface area contributed by atoms with E-state index in [9.17, 15) is 4.79 Å². The number of fused-ring (bicyclic) bond motifs is 1. The lowest BCUT2D eigenvalue weighted by molar-refractivity contribution is -0.133. The van der Waals surface area contributed by atoms with Gasteiger partial charge in [-0.1, -0.05) is 29.8 Å². The van der Waals surface area contributed by atoms with Crippen LogP contribution in [0.5, 0.6) is 0 Å². The Labute approximate surface area is 143 Å². The van der Waals surface area contributed by atoms with E-state index in [1.54, 1.807) is 7.11 Å². The number of aromatic nitrogens is 2. The SMILES string of the molecule is COCCc1cnc2n1CCN(C(=O)Cc1ccc(C)cc1)C2C. The zero-order valence-corrected chi connectivity index (χ0v) is 14.7. The highest BCUT2D eigenvalue weighted by Gasteiger charge is 2.29. The summed E-state index contributed by atoms with van der Waals surface area (Å²) >= 11 is 0. The Morgan fingerprint density at radius 1 is 1.29 bits per heavy atom. The maximum absolute atomic E-state index is 12.7. The molecule has 24 heavy (non-hydrogen) atoms. The summed E-state index contributed by atoms with van der Waals surface area (Å²) in [4.78, 5) is 19.2. The first-order chi connectivity index (χ1) is 11.6. The number of rotatable bonds is 5. The summed E-state index contributed by atoms with van der Waals surface area (Å²) in [5, 5.41) is 0.